The van der Waals surface area contributed by atoms with Gasteiger partial charge in [0, 0.05) is 11.8 Å². The van der Waals surface area contributed by atoms with Gasteiger partial charge in [0.1, 0.15) is 13.2 Å². The smallest absolute Gasteiger partial charge is 0.434 e. The molecule has 0 heterocycles. The normalized spacial score (nSPS) is 14.8. The van der Waals surface area contributed by atoms with Crippen LogP contribution in [0, 0.1) is 11.8 Å². The maximum Gasteiger partial charge on any atom is 0.508 e. The van der Waals surface area contributed by atoms with Gasteiger partial charge in [0.05, 0.1) is 25.4 Å². The van der Waals surface area contributed by atoms with Crippen LogP contribution in [0.15, 0.2) is 0 Å². The molecule has 4 unspecified atom stereocenters. The summed E-state index contributed by atoms with van der Waals surface area (Å²) >= 11 is 0. The van der Waals surface area contributed by atoms with Crippen molar-refractivity contribution in [3.63, 3.8) is 0 Å². The van der Waals surface area contributed by atoms with Crippen molar-refractivity contribution in [1.82, 2.24) is 0 Å². The van der Waals surface area contributed by atoms with Crippen LogP contribution in [0.5, 0.6) is 0 Å². The Morgan fingerprint density at radius 1 is 0.556 bits per heavy atom. The molecule has 0 saturated heterocycles. The fraction of sp³-hybridized carbons (Fsp3) is 0.966. The summed E-state index contributed by atoms with van der Waals surface area (Å²) in [6.45, 7) is 14.3. The maximum absolute atomic E-state index is 12.4. The van der Waals surface area contributed by atoms with Crippen LogP contribution in [-0.2, 0) is 29.0 Å². The van der Waals surface area contributed by atoms with Crippen LogP contribution in [0.1, 0.15) is 131 Å². The number of carbonyl (C=O) groups is 1. The third kappa shape index (κ3) is 20.2. The summed E-state index contributed by atoms with van der Waals surface area (Å²) in [6.07, 6.45) is 14.2. The second-order valence-electron chi connectivity index (χ2n) is 10.0. The van der Waals surface area contributed by atoms with E-state index in [4.69, 9.17) is 29.0 Å². The van der Waals surface area contributed by atoms with E-state index >= 15 is 0 Å². The lowest BCUT2D eigenvalue weighted by Gasteiger charge is -2.24. The van der Waals surface area contributed by atoms with Crippen LogP contribution in [0.3, 0.4) is 0 Å². The fourth-order valence-corrected chi connectivity index (χ4v) is 3.88. The van der Waals surface area contributed by atoms with Crippen molar-refractivity contribution in [3.05, 3.63) is 0 Å². The highest BCUT2D eigenvalue weighted by molar-refractivity contribution is 5.59. The molecule has 7 heteroatoms. The first kappa shape index (κ1) is 35.1. The lowest BCUT2D eigenvalue weighted by Crippen LogP contribution is -2.29. The Bertz CT molecular complexity index is 435. The van der Waals surface area contributed by atoms with Gasteiger partial charge in [0.15, 0.2) is 0 Å². The van der Waals surface area contributed by atoms with Crippen molar-refractivity contribution < 1.29 is 33.8 Å². The van der Waals surface area contributed by atoms with Crippen LogP contribution in [0.25, 0.3) is 0 Å². The van der Waals surface area contributed by atoms with E-state index in [1.165, 1.54) is 25.7 Å². The second-order valence-corrected chi connectivity index (χ2v) is 10.0. The Kier molecular flexibility index (Phi) is 25.1. The lowest BCUT2D eigenvalue weighted by molar-refractivity contribution is -0.332. The standard InChI is InChI=1S/C29H58O7/c1-7-11-15-17-21-33-35-25(5)27(19-13-9-3)23-31-29(30)32-24-28(20-14-10-4)26(6)36-34-22-18-16-12-8-2/h25-28H,7-24H2,1-6H3. The Labute approximate surface area is 222 Å². The average Bonchev–Trinajstić information content (AvgIpc) is 2.87. The fourth-order valence-electron chi connectivity index (χ4n) is 3.88. The van der Waals surface area contributed by atoms with E-state index in [9.17, 15) is 4.79 Å². The summed E-state index contributed by atoms with van der Waals surface area (Å²) < 4.78 is 11.0. The minimum atomic E-state index is -0.640. The third-order valence-electron chi connectivity index (χ3n) is 6.62. The topological polar surface area (TPSA) is 72.5 Å². The monoisotopic (exact) mass is 518 g/mol. The molecule has 0 aliphatic rings. The van der Waals surface area contributed by atoms with E-state index in [2.05, 4.69) is 27.7 Å². The summed E-state index contributed by atoms with van der Waals surface area (Å²) in [5.41, 5.74) is 0. The zero-order valence-electron chi connectivity index (χ0n) is 24.4. The molecule has 0 aromatic carbocycles. The quantitative estimate of drug-likeness (QED) is 0.0491. The lowest BCUT2D eigenvalue weighted by atomic mass is 9.98. The van der Waals surface area contributed by atoms with Crippen molar-refractivity contribution >= 4 is 6.16 Å². The van der Waals surface area contributed by atoms with Gasteiger partial charge in [-0.2, -0.15) is 0 Å². The molecule has 7 nitrogen and oxygen atoms in total. The summed E-state index contributed by atoms with van der Waals surface area (Å²) in [6, 6.07) is 0. The number of unbranched alkanes of at least 4 members (excludes halogenated alkanes) is 8. The van der Waals surface area contributed by atoms with Crippen molar-refractivity contribution in [1.29, 1.82) is 0 Å². The Morgan fingerprint density at radius 3 is 1.31 bits per heavy atom. The van der Waals surface area contributed by atoms with Crippen LogP contribution >= 0.6 is 0 Å². The van der Waals surface area contributed by atoms with E-state index in [1.54, 1.807) is 0 Å². The zero-order chi connectivity index (χ0) is 26.9. The number of hydrogen-bond donors (Lipinski definition) is 0. The third-order valence-corrected chi connectivity index (χ3v) is 6.62. The summed E-state index contributed by atoms with van der Waals surface area (Å²) in [5.74, 6) is 0.125. The van der Waals surface area contributed by atoms with Gasteiger partial charge in [0.2, 0.25) is 0 Å². The molecule has 216 valence electrons. The summed E-state index contributed by atoms with van der Waals surface area (Å²) in [5, 5.41) is 0. The van der Waals surface area contributed by atoms with Gasteiger partial charge >= 0.3 is 6.16 Å². The second kappa shape index (κ2) is 25.7. The Morgan fingerprint density at radius 2 is 0.944 bits per heavy atom. The van der Waals surface area contributed by atoms with Gasteiger partial charge in [-0.1, -0.05) is 91.9 Å². The highest BCUT2D eigenvalue weighted by Gasteiger charge is 2.24. The first-order valence-corrected chi connectivity index (χ1v) is 14.9. The first-order valence-electron chi connectivity index (χ1n) is 14.9. The van der Waals surface area contributed by atoms with E-state index in [1.807, 2.05) is 13.8 Å². The highest BCUT2D eigenvalue weighted by atomic mass is 17.2. The number of rotatable bonds is 26. The average molecular weight is 519 g/mol. The molecule has 36 heavy (non-hydrogen) atoms. The van der Waals surface area contributed by atoms with Crippen LogP contribution in [0.2, 0.25) is 0 Å². The minimum Gasteiger partial charge on any atom is -0.434 e. The van der Waals surface area contributed by atoms with Crippen molar-refractivity contribution in [2.75, 3.05) is 26.4 Å². The molecule has 0 bridgehead atoms. The molecule has 0 aromatic rings. The largest absolute Gasteiger partial charge is 0.508 e. The molecule has 0 aliphatic heterocycles. The molecule has 0 saturated carbocycles. The SMILES string of the molecule is CCCCCCOOC(C)C(CCCC)COC(=O)OCC(CCCC)C(C)OOCCCCCC. The van der Waals surface area contributed by atoms with Crippen molar-refractivity contribution in [3.8, 4) is 0 Å². The molecule has 0 amide bonds. The summed E-state index contributed by atoms with van der Waals surface area (Å²) in [7, 11) is 0. The van der Waals surface area contributed by atoms with Crippen molar-refractivity contribution in [2.24, 2.45) is 11.8 Å². The first-order chi connectivity index (χ1) is 17.5. The van der Waals surface area contributed by atoms with E-state index in [0.29, 0.717) is 13.2 Å². The van der Waals surface area contributed by atoms with Crippen LogP contribution < -0.4 is 0 Å². The van der Waals surface area contributed by atoms with E-state index in [-0.39, 0.29) is 37.3 Å². The molecule has 0 spiro atoms. The van der Waals surface area contributed by atoms with Crippen molar-refractivity contribution in [2.45, 2.75) is 144 Å². The van der Waals surface area contributed by atoms with Gasteiger partial charge in [-0.3, -0.25) is 0 Å². The van der Waals surface area contributed by atoms with Gasteiger partial charge in [-0.25, -0.2) is 24.3 Å². The van der Waals surface area contributed by atoms with E-state index in [0.717, 1.165) is 64.2 Å². The Balaban J connectivity index is 4.45. The molecule has 0 aliphatic carbocycles. The molecule has 0 aromatic heterocycles. The molecule has 0 rings (SSSR count). The van der Waals surface area contributed by atoms with Crippen LogP contribution in [0.4, 0.5) is 4.79 Å². The zero-order valence-corrected chi connectivity index (χ0v) is 24.4. The minimum absolute atomic E-state index is 0.0624. The highest BCUT2D eigenvalue weighted by Crippen LogP contribution is 2.19. The molecule has 0 N–H and O–H groups in total. The van der Waals surface area contributed by atoms with E-state index < -0.39 is 6.16 Å². The van der Waals surface area contributed by atoms with Gasteiger partial charge in [0.25, 0.3) is 0 Å². The summed E-state index contributed by atoms with van der Waals surface area (Å²) in [4.78, 5) is 34.4. The van der Waals surface area contributed by atoms with Gasteiger partial charge < -0.3 is 9.47 Å². The molecular formula is C29H58O7. The van der Waals surface area contributed by atoms with Crippen LogP contribution in [-0.4, -0.2) is 44.8 Å². The predicted molar refractivity (Wildman–Crippen MR) is 145 cm³/mol. The number of carbonyl (C=O) groups excluding carboxylic acids is 1. The predicted octanol–water partition coefficient (Wildman–Crippen LogP) is 8.59. The van der Waals surface area contributed by atoms with Gasteiger partial charge in [-0.15, -0.1) is 0 Å². The molecule has 0 radical (unpaired) electrons. The molecule has 4 atom stereocenters. The maximum atomic E-state index is 12.4. The molecular weight excluding hydrogens is 460 g/mol. The number of hydrogen-bond acceptors (Lipinski definition) is 7. The van der Waals surface area contributed by atoms with Gasteiger partial charge in [-0.05, 0) is 39.5 Å². The number of ether oxygens (including phenoxy) is 2. The Hall–Kier alpha value is -0.890. The molecule has 0 fully saturated rings.